The van der Waals surface area contributed by atoms with Crippen LogP contribution in [0, 0.1) is 5.82 Å². The summed E-state index contributed by atoms with van der Waals surface area (Å²) in [6, 6.07) is 20.5. The molecule has 33 heavy (non-hydrogen) atoms. The molecule has 4 aromatic rings. The summed E-state index contributed by atoms with van der Waals surface area (Å²) in [5.74, 6) is 0.279. The van der Waals surface area contributed by atoms with E-state index in [1.54, 1.807) is 37.2 Å². The first kappa shape index (κ1) is 23.0. The molecule has 0 saturated heterocycles. The summed E-state index contributed by atoms with van der Waals surface area (Å²) < 4.78 is 27.0. The minimum Gasteiger partial charge on any atom is -0.477 e. The number of pyridine rings is 1. The van der Waals surface area contributed by atoms with E-state index in [4.69, 9.17) is 14.5 Å². The molecule has 0 spiro atoms. The first-order valence-corrected chi connectivity index (χ1v) is 11.9. The lowest BCUT2D eigenvalue weighted by Gasteiger charge is -2.13. The van der Waals surface area contributed by atoms with Crippen molar-refractivity contribution in [1.82, 2.24) is 14.5 Å². The zero-order valence-corrected chi connectivity index (χ0v) is 19.5. The fourth-order valence-electron chi connectivity index (χ4n) is 3.63. The quantitative estimate of drug-likeness (QED) is 0.281. The number of aromatic nitrogens is 3. The van der Waals surface area contributed by atoms with E-state index in [1.807, 2.05) is 36.6 Å². The second-order valence-electron chi connectivity index (χ2n) is 7.41. The predicted octanol–water partition coefficient (Wildman–Crippen LogP) is 5.74. The van der Waals surface area contributed by atoms with E-state index in [-0.39, 0.29) is 5.82 Å². The SMILES string of the molecule is COCCn1c(SC)nc(-c2ccc(F)cc2)c1-c1ccnc(OCCc2ccccc2)c1. The van der Waals surface area contributed by atoms with Crippen LogP contribution < -0.4 is 4.74 Å². The van der Waals surface area contributed by atoms with Crippen molar-refractivity contribution in [3.63, 3.8) is 0 Å². The van der Waals surface area contributed by atoms with Crippen molar-refractivity contribution >= 4 is 11.8 Å². The zero-order chi connectivity index (χ0) is 23.0. The van der Waals surface area contributed by atoms with Crippen LogP contribution in [0.5, 0.6) is 5.88 Å². The molecule has 5 nitrogen and oxygen atoms in total. The number of benzene rings is 2. The highest BCUT2D eigenvalue weighted by molar-refractivity contribution is 7.98. The smallest absolute Gasteiger partial charge is 0.213 e. The van der Waals surface area contributed by atoms with Crippen molar-refractivity contribution in [3.8, 4) is 28.4 Å². The molecule has 7 heteroatoms. The van der Waals surface area contributed by atoms with Crippen molar-refractivity contribution in [2.45, 2.75) is 18.1 Å². The topological polar surface area (TPSA) is 49.2 Å². The maximum atomic E-state index is 13.6. The molecule has 0 bridgehead atoms. The van der Waals surface area contributed by atoms with Gasteiger partial charge in [0.1, 0.15) is 5.82 Å². The first-order valence-electron chi connectivity index (χ1n) is 10.7. The van der Waals surface area contributed by atoms with Gasteiger partial charge in [0.2, 0.25) is 5.88 Å². The van der Waals surface area contributed by atoms with Gasteiger partial charge in [-0.1, -0.05) is 42.1 Å². The average Bonchev–Trinajstić information content (AvgIpc) is 3.22. The van der Waals surface area contributed by atoms with E-state index in [1.165, 1.54) is 17.7 Å². The maximum absolute atomic E-state index is 13.6. The van der Waals surface area contributed by atoms with E-state index < -0.39 is 0 Å². The van der Waals surface area contributed by atoms with E-state index >= 15 is 0 Å². The Hall–Kier alpha value is -3.16. The summed E-state index contributed by atoms with van der Waals surface area (Å²) in [6.45, 7) is 1.72. The van der Waals surface area contributed by atoms with Crippen molar-refractivity contribution in [2.24, 2.45) is 0 Å². The summed E-state index contributed by atoms with van der Waals surface area (Å²) in [5, 5.41) is 0.865. The molecule has 2 aromatic carbocycles. The number of thioether (sulfide) groups is 1. The monoisotopic (exact) mass is 463 g/mol. The number of methoxy groups -OCH3 is 1. The van der Waals surface area contributed by atoms with Crippen LogP contribution in [0.2, 0.25) is 0 Å². The number of rotatable bonds is 10. The van der Waals surface area contributed by atoms with Crippen molar-refractivity contribution in [3.05, 3.63) is 84.3 Å². The van der Waals surface area contributed by atoms with E-state index in [0.717, 1.165) is 34.1 Å². The molecule has 0 fully saturated rings. The molecular formula is C26H26FN3O2S. The lowest BCUT2D eigenvalue weighted by Crippen LogP contribution is -2.08. The summed E-state index contributed by atoms with van der Waals surface area (Å²) in [6.07, 6.45) is 4.54. The fourth-order valence-corrected chi connectivity index (χ4v) is 4.22. The van der Waals surface area contributed by atoms with Crippen LogP contribution in [0.25, 0.3) is 22.5 Å². The number of hydrogen-bond donors (Lipinski definition) is 0. The summed E-state index contributed by atoms with van der Waals surface area (Å²) in [7, 11) is 1.68. The Balaban J connectivity index is 1.68. The third-order valence-electron chi connectivity index (χ3n) is 5.24. The summed E-state index contributed by atoms with van der Waals surface area (Å²) in [4.78, 5) is 9.27. The highest BCUT2D eigenvalue weighted by atomic mass is 32.2. The van der Waals surface area contributed by atoms with Gasteiger partial charge in [0.05, 0.1) is 24.6 Å². The Labute approximate surface area is 197 Å². The Morgan fingerprint density at radius 2 is 1.76 bits per heavy atom. The highest BCUT2D eigenvalue weighted by Crippen LogP contribution is 2.36. The number of nitrogens with zero attached hydrogens (tertiary/aromatic N) is 3. The van der Waals surface area contributed by atoms with E-state index in [2.05, 4.69) is 21.7 Å². The van der Waals surface area contributed by atoms with Crippen LogP contribution in [0.1, 0.15) is 5.56 Å². The summed E-state index contributed by atoms with van der Waals surface area (Å²) in [5.41, 5.74) is 4.72. The molecule has 2 aromatic heterocycles. The van der Waals surface area contributed by atoms with Crippen molar-refractivity contribution in [2.75, 3.05) is 26.6 Å². The molecule has 0 atom stereocenters. The van der Waals surface area contributed by atoms with Gasteiger partial charge in [0.25, 0.3) is 0 Å². The number of halogens is 1. The lowest BCUT2D eigenvalue weighted by atomic mass is 10.1. The molecule has 0 radical (unpaired) electrons. The third kappa shape index (κ3) is 5.61. The van der Waals surface area contributed by atoms with Gasteiger partial charge in [-0.05, 0) is 42.2 Å². The van der Waals surface area contributed by atoms with Crippen molar-refractivity contribution < 1.29 is 13.9 Å². The number of ether oxygens (including phenoxy) is 2. The number of imidazole rings is 1. The Morgan fingerprint density at radius 3 is 2.48 bits per heavy atom. The molecule has 0 aliphatic heterocycles. The van der Waals surface area contributed by atoms with Crippen LogP contribution in [0.3, 0.4) is 0 Å². The van der Waals surface area contributed by atoms with Gasteiger partial charge in [-0.15, -0.1) is 0 Å². The van der Waals surface area contributed by atoms with Gasteiger partial charge in [-0.25, -0.2) is 14.4 Å². The van der Waals surface area contributed by atoms with Crippen LogP contribution in [0.4, 0.5) is 4.39 Å². The van der Waals surface area contributed by atoms with Crippen LogP contribution >= 0.6 is 11.8 Å². The Kier molecular flexibility index (Phi) is 7.75. The molecule has 0 unspecified atom stereocenters. The molecule has 0 aliphatic rings. The minimum absolute atomic E-state index is 0.276. The molecule has 0 amide bonds. The fraction of sp³-hybridized carbons (Fsp3) is 0.231. The highest BCUT2D eigenvalue weighted by Gasteiger charge is 2.20. The van der Waals surface area contributed by atoms with Crippen LogP contribution in [-0.4, -0.2) is 41.1 Å². The molecular weight excluding hydrogens is 437 g/mol. The third-order valence-corrected chi connectivity index (χ3v) is 5.92. The van der Waals surface area contributed by atoms with Crippen LogP contribution in [-0.2, 0) is 17.7 Å². The largest absolute Gasteiger partial charge is 0.477 e. The Morgan fingerprint density at radius 1 is 0.970 bits per heavy atom. The molecule has 170 valence electrons. The molecule has 0 saturated carbocycles. The van der Waals surface area contributed by atoms with Gasteiger partial charge >= 0.3 is 0 Å². The normalized spacial score (nSPS) is 11.0. The molecule has 0 aliphatic carbocycles. The van der Waals surface area contributed by atoms with Crippen molar-refractivity contribution in [1.29, 1.82) is 0 Å². The van der Waals surface area contributed by atoms with Crippen LogP contribution in [0.15, 0.2) is 78.1 Å². The maximum Gasteiger partial charge on any atom is 0.213 e. The first-order chi connectivity index (χ1) is 16.2. The zero-order valence-electron chi connectivity index (χ0n) is 18.7. The number of hydrogen-bond acceptors (Lipinski definition) is 5. The van der Waals surface area contributed by atoms with Gasteiger partial charge in [-0.3, -0.25) is 0 Å². The van der Waals surface area contributed by atoms with Gasteiger partial charge in [0, 0.05) is 43.5 Å². The predicted molar refractivity (Wildman–Crippen MR) is 130 cm³/mol. The lowest BCUT2D eigenvalue weighted by molar-refractivity contribution is 0.185. The Bertz CT molecular complexity index is 1180. The molecule has 4 rings (SSSR count). The minimum atomic E-state index is -0.276. The van der Waals surface area contributed by atoms with Gasteiger partial charge < -0.3 is 14.0 Å². The van der Waals surface area contributed by atoms with Gasteiger partial charge in [-0.2, -0.15) is 0 Å². The van der Waals surface area contributed by atoms with E-state index in [0.29, 0.717) is 25.6 Å². The second-order valence-corrected chi connectivity index (χ2v) is 8.19. The molecule has 0 N–H and O–H groups in total. The second kappa shape index (κ2) is 11.1. The standard InChI is InChI=1S/C26H26FN3O2S/c1-31-17-15-30-25(24(29-26(30)33-2)20-8-10-22(27)11-9-20)21-12-14-28-23(18-21)32-16-13-19-6-4-3-5-7-19/h3-12,14,18H,13,15-17H2,1-2H3. The molecule has 2 heterocycles. The summed E-state index contributed by atoms with van der Waals surface area (Å²) >= 11 is 1.56. The van der Waals surface area contributed by atoms with Gasteiger partial charge in [0.15, 0.2) is 5.16 Å². The van der Waals surface area contributed by atoms with E-state index in [9.17, 15) is 4.39 Å². The average molecular weight is 464 g/mol.